The van der Waals surface area contributed by atoms with E-state index in [4.69, 9.17) is 0 Å². The minimum atomic E-state index is 0.0325. The highest BCUT2D eigenvalue weighted by atomic mass is 15.0. The highest BCUT2D eigenvalue weighted by Gasteiger charge is 2.37. The molecule has 0 bridgehead atoms. The van der Waals surface area contributed by atoms with Crippen LogP contribution >= 0.6 is 0 Å². The summed E-state index contributed by atoms with van der Waals surface area (Å²) in [5, 5.41) is 3.47. The molecule has 1 nitrogen and oxygen atoms in total. The van der Waals surface area contributed by atoms with Gasteiger partial charge in [0.1, 0.15) is 0 Å². The molecule has 0 aliphatic rings. The van der Waals surface area contributed by atoms with Gasteiger partial charge in [0.2, 0.25) is 0 Å². The highest BCUT2D eigenvalue weighted by molar-refractivity contribution is 5.24. The zero-order valence-electron chi connectivity index (χ0n) is 9.70. The standard InChI is InChI=1S/C12H23N/c1-8-10(3)11(4,5)12(6,7)13-9-2/h8,13H,1,3,9H2,2,4-7H3. The molecule has 0 saturated carbocycles. The molecule has 0 atom stereocenters. The van der Waals surface area contributed by atoms with Gasteiger partial charge < -0.3 is 5.32 Å². The maximum atomic E-state index is 4.04. The molecular weight excluding hydrogens is 158 g/mol. The molecule has 0 heterocycles. The van der Waals surface area contributed by atoms with Gasteiger partial charge in [-0.3, -0.25) is 0 Å². The van der Waals surface area contributed by atoms with Crippen LogP contribution in [-0.4, -0.2) is 12.1 Å². The average molecular weight is 181 g/mol. The third kappa shape index (κ3) is 2.44. The van der Waals surface area contributed by atoms with E-state index >= 15 is 0 Å². The summed E-state index contributed by atoms with van der Waals surface area (Å²) in [6, 6.07) is 0. The van der Waals surface area contributed by atoms with E-state index in [1.54, 1.807) is 0 Å². The topological polar surface area (TPSA) is 12.0 Å². The monoisotopic (exact) mass is 181 g/mol. The molecule has 0 aromatic heterocycles. The molecule has 1 N–H and O–H groups in total. The van der Waals surface area contributed by atoms with Crippen molar-refractivity contribution in [3.63, 3.8) is 0 Å². The highest BCUT2D eigenvalue weighted by Crippen LogP contribution is 2.37. The van der Waals surface area contributed by atoms with Crippen molar-refractivity contribution in [3.05, 3.63) is 24.8 Å². The van der Waals surface area contributed by atoms with Crippen LogP contribution in [0.5, 0.6) is 0 Å². The summed E-state index contributed by atoms with van der Waals surface area (Å²) >= 11 is 0. The normalized spacial score (nSPS) is 12.7. The van der Waals surface area contributed by atoms with E-state index in [1.165, 1.54) is 0 Å². The molecular formula is C12H23N. The van der Waals surface area contributed by atoms with Gasteiger partial charge in [0.25, 0.3) is 0 Å². The second kappa shape index (κ2) is 4.10. The van der Waals surface area contributed by atoms with Crippen LogP contribution in [0.3, 0.4) is 0 Å². The fraction of sp³-hybridized carbons (Fsp3) is 0.667. The lowest BCUT2D eigenvalue weighted by Crippen LogP contribution is -2.51. The number of hydrogen-bond donors (Lipinski definition) is 1. The third-order valence-electron chi connectivity index (χ3n) is 3.23. The Morgan fingerprint density at radius 3 is 2.08 bits per heavy atom. The molecule has 0 aromatic rings. The van der Waals surface area contributed by atoms with E-state index < -0.39 is 0 Å². The molecule has 0 aliphatic heterocycles. The quantitative estimate of drug-likeness (QED) is 0.642. The van der Waals surface area contributed by atoms with Crippen LogP contribution in [-0.2, 0) is 0 Å². The third-order valence-corrected chi connectivity index (χ3v) is 3.23. The second-order valence-electron chi connectivity index (χ2n) is 4.51. The summed E-state index contributed by atoms with van der Waals surface area (Å²) < 4.78 is 0. The zero-order chi connectivity index (χ0) is 10.7. The number of rotatable bonds is 5. The predicted molar refractivity (Wildman–Crippen MR) is 60.9 cm³/mol. The maximum absolute atomic E-state index is 4.04. The van der Waals surface area contributed by atoms with Crippen molar-refractivity contribution >= 4 is 0 Å². The molecule has 0 unspecified atom stereocenters. The van der Waals surface area contributed by atoms with Crippen LogP contribution in [0.2, 0.25) is 0 Å². The van der Waals surface area contributed by atoms with Crippen LogP contribution < -0.4 is 5.32 Å². The van der Waals surface area contributed by atoms with E-state index in [2.05, 4.69) is 53.1 Å². The van der Waals surface area contributed by atoms with Crippen molar-refractivity contribution in [3.8, 4) is 0 Å². The molecule has 0 spiro atoms. The van der Waals surface area contributed by atoms with Gasteiger partial charge >= 0.3 is 0 Å². The van der Waals surface area contributed by atoms with Crippen molar-refractivity contribution in [2.75, 3.05) is 6.54 Å². The Kier molecular flexibility index (Phi) is 3.92. The fourth-order valence-corrected chi connectivity index (χ4v) is 1.32. The predicted octanol–water partition coefficient (Wildman–Crippen LogP) is 3.14. The van der Waals surface area contributed by atoms with Gasteiger partial charge in [-0.05, 0) is 26.0 Å². The first kappa shape index (κ1) is 12.4. The first-order valence-electron chi connectivity index (χ1n) is 4.86. The van der Waals surface area contributed by atoms with E-state index in [0.717, 1.165) is 12.1 Å². The summed E-state index contributed by atoms with van der Waals surface area (Å²) in [4.78, 5) is 0. The van der Waals surface area contributed by atoms with Crippen molar-refractivity contribution in [1.82, 2.24) is 5.32 Å². The summed E-state index contributed by atoms with van der Waals surface area (Å²) in [6.07, 6.45) is 1.85. The largest absolute Gasteiger partial charge is 0.311 e. The van der Waals surface area contributed by atoms with Gasteiger partial charge in [0.05, 0.1) is 0 Å². The maximum Gasteiger partial charge on any atom is 0.0216 e. The molecule has 76 valence electrons. The first-order valence-corrected chi connectivity index (χ1v) is 4.86. The van der Waals surface area contributed by atoms with Crippen molar-refractivity contribution in [1.29, 1.82) is 0 Å². The lowest BCUT2D eigenvalue weighted by molar-refractivity contribution is 0.204. The van der Waals surface area contributed by atoms with E-state index in [-0.39, 0.29) is 11.0 Å². The van der Waals surface area contributed by atoms with Crippen LogP contribution in [0.15, 0.2) is 24.8 Å². The Morgan fingerprint density at radius 2 is 1.77 bits per heavy atom. The molecule has 13 heavy (non-hydrogen) atoms. The Morgan fingerprint density at radius 1 is 1.31 bits per heavy atom. The Balaban J connectivity index is 4.78. The molecule has 0 aliphatic carbocycles. The molecule has 0 saturated heterocycles. The van der Waals surface area contributed by atoms with E-state index in [1.807, 2.05) is 6.08 Å². The van der Waals surface area contributed by atoms with Crippen molar-refractivity contribution in [2.24, 2.45) is 5.41 Å². The minimum absolute atomic E-state index is 0.0325. The summed E-state index contributed by atoms with van der Waals surface area (Å²) in [5.41, 5.74) is 1.16. The molecule has 0 radical (unpaired) electrons. The molecule has 0 amide bonds. The zero-order valence-corrected chi connectivity index (χ0v) is 9.70. The van der Waals surface area contributed by atoms with Crippen LogP contribution in [0.4, 0.5) is 0 Å². The van der Waals surface area contributed by atoms with Crippen molar-refractivity contribution < 1.29 is 0 Å². The molecule has 0 fully saturated rings. The van der Waals surface area contributed by atoms with Gasteiger partial charge in [-0.2, -0.15) is 0 Å². The second-order valence-corrected chi connectivity index (χ2v) is 4.51. The van der Waals surface area contributed by atoms with Crippen LogP contribution in [0, 0.1) is 5.41 Å². The molecule has 0 aromatic carbocycles. The Hall–Kier alpha value is -0.560. The molecule has 0 rings (SSSR count). The number of nitrogens with one attached hydrogen (secondary N) is 1. The van der Waals surface area contributed by atoms with Crippen molar-refractivity contribution in [2.45, 2.75) is 40.2 Å². The minimum Gasteiger partial charge on any atom is -0.311 e. The summed E-state index contributed by atoms with van der Waals surface area (Å²) in [7, 11) is 0. The van der Waals surface area contributed by atoms with Gasteiger partial charge in [0.15, 0.2) is 0 Å². The van der Waals surface area contributed by atoms with Gasteiger partial charge in [0, 0.05) is 11.0 Å². The average Bonchev–Trinajstić information content (AvgIpc) is 2.02. The number of allylic oxidation sites excluding steroid dienone is 1. The lowest BCUT2D eigenvalue weighted by atomic mass is 9.69. The Labute approximate surface area is 82.9 Å². The first-order chi connectivity index (χ1) is 5.79. The smallest absolute Gasteiger partial charge is 0.0216 e. The van der Waals surface area contributed by atoms with Crippen LogP contribution in [0.25, 0.3) is 0 Å². The van der Waals surface area contributed by atoms with Gasteiger partial charge in [-0.15, -0.1) is 0 Å². The van der Waals surface area contributed by atoms with Gasteiger partial charge in [-0.25, -0.2) is 0 Å². The van der Waals surface area contributed by atoms with E-state index in [9.17, 15) is 0 Å². The molecule has 1 heteroatoms. The van der Waals surface area contributed by atoms with Crippen LogP contribution in [0.1, 0.15) is 34.6 Å². The fourth-order valence-electron chi connectivity index (χ4n) is 1.32. The SMILES string of the molecule is C=CC(=C)C(C)(C)C(C)(C)NCC. The lowest BCUT2D eigenvalue weighted by Gasteiger charge is -2.43. The van der Waals surface area contributed by atoms with Gasteiger partial charge in [-0.1, -0.05) is 40.0 Å². The number of hydrogen-bond acceptors (Lipinski definition) is 1. The van der Waals surface area contributed by atoms with E-state index in [0.29, 0.717) is 0 Å². The Bertz CT molecular complexity index is 199. The summed E-state index contributed by atoms with van der Waals surface area (Å²) in [5.74, 6) is 0. The summed E-state index contributed by atoms with van der Waals surface area (Å²) in [6.45, 7) is 19.7.